The van der Waals surface area contributed by atoms with E-state index in [-0.39, 0.29) is 23.2 Å². The third-order valence-electron chi connectivity index (χ3n) is 4.75. The number of hydrogen-bond donors (Lipinski definition) is 0. The average molecular weight is 512 g/mol. The van der Waals surface area contributed by atoms with Crippen LogP contribution in [0.1, 0.15) is 5.56 Å². The number of carbonyl (C=O) groups is 1. The van der Waals surface area contributed by atoms with Crippen molar-refractivity contribution in [1.82, 2.24) is 4.98 Å². The Morgan fingerprint density at radius 3 is 2.74 bits per heavy atom. The van der Waals surface area contributed by atoms with Gasteiger partial charge in [0.05, 0.1) is 22.6 Å². The van der Waals surface area contributed by atoms with E-state index in [4.69, 9.17) is 21.7 Å². The van der Waals surface area contributed by atoms with Crippen LogP contribution in [0.25, 0.3) is 6.08 Å². The summed E-state index contributed by atoms with van der Waals surface area (Å²) < 4.78 is 11.5. The Kier molecular flexibility index (Phi) is 7.15. The van der Waals surface area contributed by atoms with Crippen molar-refractivity contribution in [2.45, 2.75) is 4.90 Å². The Morgan fingerprint density at radius 2 is 2.00 bits per heavy atom. The molecule has 0 radical (unpaired) electrons. The fourth-order valence-electron chi connectivity index (χ4n) is 3.15. The monoisotopic (exact) mass is 511 g/mol. The van der Waals surface area contributed by atoms with Gasteiger partial charge in [0.15, 0.2) is 15.8 Å². The Balaban J connectivity index is 1.61. The number of thioether (sulfide) groups is 2. The number of pyridine rings is 1. The second-order valence-electron chi connectivity index (χ2n) is 6.82. The van der Waals surface area contributed by atoms with Gasteiger partial charge in [-0.3, -0.25) is 19.8 Å². The van der Waals surface area contributed by atoms with Crippen LogP contribution < -0.4 is 14.4 Å². The SMILES string of the molecule is COc1cc(/C=C2\SC(=S)N(c3cccc(SC)c3)C2=O)ccc1Oc1ncccc1[N+](=O)[O-]. The van der Waals surface area contributed by atoms with Crippen molar-refractivity contribution >= 4 is 63.4 Å². The lowest BCUT2D eigenvalue weighted by Gasteiger charge is -2.15. The Labute approximate surface area is 209 Å². The third kappa shape index (κ3) is 4.91. The van der Waals surface area contributed by atoms with Gasteiger partial charge in [0, 0.05) is 17.2 Å². The van der Waals surface area contributed by atoms with Gasteiger partial charge in [-0.1, -0.05) is 36.1 Å². The summed E-state index contributed by atoms with van der Waals surface area (Å²) in [6.45, 7) is 0. The number of carbonyl (C=O) groups excluding carboxylic acids is 1. The molecule has 1 saturated heterocycles. The molecule has 2 heterocycles. The predicted molar refractivity (Wildman–Crippen MR) is 138 cm³/mol. The molecule has 172 valence electrons. The Hall–Kier alpha value is -3.41. The van der Waals surface area contributed by atoms with Crippen LogP contribution in [0.4, 0.5) is 11.4 Å². The first kappa shape index (κ1) is 23.7. The summed E-state index contributed by atoms with van der Waals surface area (Å²) in [4.78, 5) is 30.7. The minimum absolute atomic E-state index is 0.146. The molecule has 0 N–H and O–H groups in total. The summed E-state index contributed by atoms with van der Waals surface area (Å²) in [6.07, 6.45) is 5.09. The van der Waals surface area contributed by atoms with Gasteiger partial charge < -0.3 is 9.47 Å². The molecular weight excluding hydrogens is 494 g/mol. The maximum absolute atomic E-state index is 13.1. The molecule has 0 aliphatic carbocycles. The summed E-state index contributed by atoms with van der Waals surface area (Å²) in [6, 6.07) is 15.4. The highest BCUT2D eigenvalue weighted by Crippen LogP contribution is 2.39. The first-order valence-corrected chi connectivity index (χ1v) is 12.2. The summed E-state index contributed by atoms with van der Waals surface area (Å²) in [5, 5.41) is 11.2. The van der Waals surface area contributed by atoms with E-state index in [0.717, 1.165) is 10.6 Å². The van der Waals surface area contributed by atoms with Gasteiger partial charge in [0.1, 0.15) is 0 Å². The number of nitrogens with zero attached hydrogens (tertiary/aromatic N) is 3. The van der Waals surface area contributed by atoms with Gasteiger partial charge in [-0.15, -0.1) is 11.8 Å². The van der Waals surface area contributed by atoms with E-state index in [0.29, 0.717) is 20.5 Å². The maximum Gasteiger partial charge on any atom is 0.331 e. The van der Waals surface area contributed by atoms with E-state index in [2.05, 4.69) is 4.98 Å². The number of hydrogen-bond acceptors (Lipinski definition) is 9. The van der Waals surface area contributed by atoms with Crippen LogP contribution in [-0.4, -0.2) is 33.5 Å². The molecule has 11 heteroatoms. The standard InChI is InChI=1S/C23H17N3O5S3/c1-30-19-11-14(8-9-18(19)31-21-17(26(28)29)7-4-10-24-21)12-20-22(27)25(23(32)34-20)15-5-3-6-16(13-15)33-2/h3-13H,1-2H3/b20-12-. The third-order valence-corrected chi connectivity index (χ3v) is 6.77. The molecule has 0 unspecified atom stereocenters. The molecule has 1 aromatic heterocycles. The smallest absolute Gasteiger partial charge is 0.331 e. The molecule has 1 amide bonds. The van der Waals surface area contributed by atoms with Crippen LogP contribution >= 0.6 is 35.7 Å². The number of ether oxygens (including phenoxy) is 2. The predicted octanol–water partition coefficient (Wildman–Crippen LogP) is 5.92. The minimum atomic E-state index is -0.569. The Morgan fingerprint density at radius 1 is 1.18 bits per heavy atom. The largest absolute Gasteiger partial charge is 0.493 e. The second-order valence-corrected chi connectivity index (χ2v) is 9.37. The van der Waals surface area contributed by atoms with Gasteiger partial charge >= 0.3 is 5.69 Å². The fourth-order valence-corrected chi connectivity index (χ4v) is 4.91. The van der Waals surface area contributed by atoms with E-state index in [9.17, 15) is 14.9 Å². The molecule has 1 aliphatic heterocycles. The van der Waals surface area contributed by atoms with Gasteiger partial charge in [-0.25, -0.2) is 4.98 Å². The van der Waals surface area contributed by atoms with E-state index in [1.165, 1.54) is 42.1 Å². The molecule has 34 heavy (non-hydrogen) atoms. The molecule has 0 saturated carbocycles. The molecule has 0 atom stereocenters. The highest BCUT2D eigenvalue weighted by Gasteiger charge is 2.33. The molecule has 1 aliphatic rings. The maximum atomic E-state index is 13.1. The number of amides is 1. The minimum Gasteiger partial charge on any atom is -0.493 e. The average Bonchev–Trinajstić information content (AvgIpc) is 3.12. The molecule has 3 aromatic rings. The van der Waals surface area contributed by atoms with Gasteiger partial charge in [0.25, 0.3) is 11.8 Å². The van der Waals surface area contributed by atoms with Crippen LogP contribution in [-0.2, 0) is 4.79 Å². The fraction of sp³-hybridized carbons (Fsp3) is 0.0870. The quantitative estimate of drug-likeness (QED) is 0.126. The highest BCUT2D eigenvalue weighted by molar-refractivity contribution is 8.27. The summed E-state index contributed by atoms with van der Waals surface area (Å²) in [7, 11) is 1.46. The zero-order chi connectivity index (χ0) is 24.2. The zero-order valence-electron chi connectivity index (χ0n) is 18.0. The van der Waals surface area contributed by atoms with Crippen LogP contribution in [0.3, 0.4) is 0 Å². The number of aromatic nitrogens is 1. The second kappa shape index (κ2) is 10.2. The van der Waals surface area contributed by atoms with E-state index in [1.807, 2.05) is 30.5 Å². The van der Waals surface area contributed by atoms with Gasteiger partial charge in [-0.2, -0.15) is 0 Å². The van der Waals surface area contributed by atoms with Crippen molar-refractivity contribution in [2.75, 3.05) is 18.3 Å². The van der Waals surface area contributed by atoms with Crippen molar-refractivity contribution in [1.29, 1.82) is 0 Å². The van der Waals surface area contributed by atoms with E-state index >= 15 is 0 Å². The topological polar surface area (TPSA) is 94.8 Å². The molecule has 0 bridgehead atoms. The molecular formula is C23H17N3O5S3. The lowest BCUT2D eigenvalue weighted by atomic mass is 10.1. The summed E-state index contributed by atoms with van der Waals surface area (Å²) >= 11 is 8.26. The van der Waals surface area contributed by atoms with Crippen molar-refractivity contribution < 1.29 is 19.2 Å². The first-order valence-electron chi connectivity index (χ1n) is 9.78. The number of thiocarbonyl (C=S) groups is 1. The van der Waals surface area contributed by atoms with Crippen molar-refractivity contribution in [3.05, 3.63) is 81.4 Å². The van der Waals surface area contributed by atoms with Crippen molar-refractivity contribution in [3.63, 3.8) is 0 Å². The lowest BCUT2D eigenvalue weighted by Crippen LogP contribution is -2.27. The van der Waals surface area contributed by atoms with Gasteiger partial charge in [-0.05, 0) is 54.3 Å². The molecule has 8 nitrogen and oxygen atoms in total. The van der Waals surface area contributed by atoms with Crippen LogP contribution in [0.2, 0.25) is 0 Å². The molecule has 4 rings (SSSR count). The van der Waals surface area contributed by atoms with E-state index in [1.54, 1.807) is 36.0 Å². The number of nitro groups is 1. The Bertz CT molecular complexity index is 1330. The first-order chi connectivity index (χ1) is 16.4. The summed E-state index contributed by atoms with van der Waals surface area (Å²) in [5.41, 5.74) is 1.14. The molecule has 2 aromatic carbocycles. The number of anilines is 1. The van der Waals surface area contributed by atoms with Crippen LogP contribution in [0.15, 0.2) is 70.6 Å². The molecule has 1 fully saturated rings. The van der Waals surface area contributed by atoms with Gasteiger partial charge in [0.2, 0.25) is 0 Å². The highest BCUT2D eigenvalue weighted by atomic mass is 32.2. The van der Waals surface area contributed by atoms with E-state index < -0.39 is 4.92 Å². The van der Waals surface area contributed by atoms with Crippen molar-refractivity contribution in [3.8, 4) is 17.4 Å². The molecule has 0 spiro atoms. The van der Waals surface area contributed by atoms with Crippen molar-refractivity contribution in [2.24, 2.45) is 0 Å². The zero-order valence-corrected chi connectivity index (χ0v) is 20.4. The van der Waals surface area contributed by atoms with Crippen LogP contribution in [0, 0.1) is 10.1 Å². The number of methoxy groups -OCH3 is 1. The van der Waals surface area contributed by atoms with Crippen LogP contribution in [0.5, 0.6) is 17.4 Å². The number of benzene rings is 2. The summed E-state index contributed by atoms with van der Waals surface area (Å²) in [5.74, 6) is 0.225. The normalized spacial score (nSPS) is 14.5. The number of rotatable bonds is 7. The lowest BCUT2D eigenvalue weighted by molar-refractivity contribution is -0.386.